The highest BCUT2D eigenvalue weighted by atomic mass is 35.5. The molecule has 0 aliphatic carbocycles. The van der Waals surface area contributed by atoms with Crippen molar-refractivity contribution < 1.29 is 19.0 Å². The number of fused-ring (bicyclic) bond motifs is 1. The van der Waals surface area contributed by atoms with Crippen LogP contribution in [0.1, 0.15) is 5.56 Å². The molecule has 1 N–H and O–H groups in total. The van der Waals surface area contributed by atoms with Crippen LogP contribution in [0, 0.1) is 0 Å². The predicted octanol–water partition coefficient (Wildman–Crippen LogP) is 4.95. The Morgan fingerprint density at radius 1 is 1.07 bits per heavy atom. The Balaban J connectivity index is 1.42. The van der Waals surface area contributed by atoms with Crippen molar-refractivity contribution >= 4 is 29.3 Å². The molecule has 1 aromatic heterocycles. The van der Waals surface area contributed by atoms with Gasteiger partial charge in [0.1, 0.15) is 24.7 Å². The second-order valence-electron chi connectivity index (χ2n) is 6.16. The van der Waals surface area contributed by atoms with Gasteiger partial charge in [0.25, 0.3) is 0 Å². The summed E-state index contributed by atoms with van der Waals surface area (Å²) < 4.78 is 16.8. The number of hydrogen-bond donors (Lipinski definition) is 1. The Morgan fingerprint density at radius 2 is 1.90 bits per heavy atom. The van der Waals surface area contributed by atoms with E-state index in [1.807, 2.05) is 6.07 Å². The third kappa shape index (κ3) is 4.86. The molecule has 0 saturated heterocycles. The van der Waals surface area contributed by atoms with Crippen LogP contribution in [0.25, 0.3) is 6.08 Å². The number of hydrogen-bond acceptors (Lipinski definition) is 5. The number of nitrogens with zero attached hydrogens (tertiary/aromatic N) is 1. The summed E-state index contributed by atoms with van der Waals surface area (Å²) >= 11 is 6.22. The first-order valence-electron chi connectivity index (χ1n) is 8.93. The minimum atomic E-state index is -0.280. The van der Waals surface area contributed by atoms with E-state index in [-0.39, 0.29) is 5.91 Å². The highest BCUT2D eigenvalue weighted by Gasteiger charge is 2.16. The molecule has 1 amide bonds. The molecular weight excluding hydrogens is 392 g/mol. The molecule has 0 radical (unpaired) electrons. The van der Waals surface area contributed by atoms with E-state index in [0.29, 0.717) is 46.9 Å². The van der Waals surface area contributed by atoms with Crippen molar-refractivity contribution in [2.45, 2.75) is 0 Å². The standard InChI is InChI=1S/C22H17ClN2O4/c23-19-12-15(13-20-22(19)28-11-10-27-20)4-5-21(26)25-16-2-1-3-18(14-16)29-17-6-8-24-9-7-17/h1-9,12-14H,10-11H2,(H,25,26). The highest BCUT2D eigenvalue weighted by Crippen LogP contribution is 2.38. The van der Waals surface area contributed by atoms with Crippen molar-refractivity contribution in [2.75, 3.05) is 18.5 Å². The zero-order chi connectivity index (χ0) is 20.1. The van der Waals surface area contributed by atoms with Crippen LogP contribution in [0.5, 0.6) is 23.0 Å². The number of anilines is 1. The first-order valence-corrected chi connectivity index (χ1v) is 9.31. The van der Waals surface area contributed by atoms with Crippen LogP contribution in [0.2, 0.25) is 5.02 Å². The van der Waals surface area contributed by atoms with E-state index in [1.54, 1.807) is 60.9 Å². The van der Waals surface area contributed by atoms with Crippen molar-refractivity contribution in [1.82, 2.24) is 4.98 Å². The van der Waals surface area contributed by atoms with E-state index >= 15 is 0 Å². The molecule has 0 bridgehead atoms. The van der Waals surface area contributed by atoms with Crippen molar-refractivity contribution in [3.63, 3.8) is 0 Å². The van der Waals surface area contributed by atoms with Gasteiger partial charge in [0.05, 0.1) is 5.02 Å². The highest BCUT2D eigenvalue weighted by molar-refractivity contribution is 6.32. The number of carbonyl (C=O) groups is 1. The first-order chi connectivity index (χ1) is 14.2. The van der Waals surface area contributed by atoms with Crippen LogP contribution in [0.3, 0.4) is 0 Å². The summed E-state index contributed by atoms with van der Waals surface area (Å²) in [5.41, 5.74) is 1.36. The fourth-order valence-electron chi connectivity index (χ4n) is 2.76. The Morgan fingerprint density at radius 3 is 2.76 bits per heavy atom. The van der Waals surface area contributed by atoms with E-state index in [4.69, 9.17) is 25.8 Å². The fraction of sp³-hybridized carbons (Fsp3) is 0.0909. The average Bonchev–Trinajstić information content (AvgIpc) is 2.73. The second-order valence-corrected chi connectivity index (χ2v) is 6.57. The van der Waals surface area contributed by atoms with Gasteiger partial charge in [-0.25, -0.2) is 0 Å². The first kappa shape index (κ1) is 18.8. The van der Waals surface area contributed by atoms with Crippen LogP contribution in [0.4, 0.5) is 5.69 Å². The maximum Gasteiger partial charge on any atom is 0.248 e. The smallest absolute Gasteiger partial charge is 0.248 e. The summed E-state index contributed by atoms with van der Waals surface area (Å²) in [6.45, 7) is 0.934. The lowest BCUT2D eigenvalue weighted by molar-refractivity contribution is -0.111. The van der Waals surface area contributed by atoms with Gasteiger partial charge < -0.3 is 19.5 Å². The Bertz CT molecular complexity index is 1050. The van der Waals surface area contributed by atoms with Gasteiger partial charge in [-0.05, 0) is 48.0 Å². The van der Waals surface area contributed by atoms with Crippen molar-refractivity contribution in [2.24, 2.45) is 0 Å². The van der Waals surface area contributed by atoms with Gasteiger partial charge in [-0.1, -0.05) is 17.7 Å². The topological polar surface area (TPSA) is 69.7 Å². The third-order valence-electron chi connectivity index (χ3n) is 4.03. The number of halogens is 1. The van der Waals surface area contributed by atoms with Crippen molar-refractivity contribution in [3.8, 4) is 23.0 Å². The molecule has 0 saturated carbocycles. The van der Waals surface area contributed by atoms with Crippen LogP contribution < -0.4 is 19.5 Å². The summed E-state index contributed by atoms with van der Waals surface area (Å²) in [6.07, 6.45) is 6.39. The molecule has 1 aliphatic rings. The SMILES string of the molecule is O=C(C=Cc1cc(Cl)c2c(c1)OCCO2)Nc1cccc(Oc2ccncc2)c1. The molecule has 0 atom stereocenters. The third-order valence-corrected chi connectivity index (χ3v) is 4.31. The number of nitrogens with one attached hydrogen (secondary N) is 1. The number of pyridine rings is 1. The molecule has 0 fully saturated rings. The molecule has 29 heavy (non-hydrogen) atoms. The summed E-state index contributed by atoms with van der Waals surface area (Å²) in [5, 5.41) is 3.26. The zero-order valence-corrected chi connectivity index (χ0v) is 16.1. The Labute approximate surface area is 172 Å². The predicted molar refractivity (Wildman–Crippen MR) is 111 cm³/mol. The van der Waals surface area contributed by atoms with Gasteiger partial charge in [0.2, 0.25) is 5.91 Å². The summed E-state index contributed by atoms with van der Waals surface area (Å²) in [7, 11) is 0. The lowest BCUT2D eigenvalue weighted by Gasteiger charge is -2.19. The van der Waals surface area contributed by atoms with Gasteiger partial charge in [0, 0.05) is 30.2 Å². The minimum absolute atomic E-state index is 0.280. The normalized spacial score (nSPS) is 12.6. The Hall–Kier alpha value is -3.51. The number of benzene rings is 2. The van der Waals surface area contributed by atoms with E-state index in [0.717, 1.165) is 5.56 Å². The number of amides is 1. The number of rotatable bonds is 5. The molecular formula is C22H17ClN2O4. The summed E-state index contributed by atoms with van der Waals surface area (Å²) in [4.78, 5) is 16.2. The molecule has 6 nitrogen and oxygen atoms in total. The van der Waals surface area contributed by atoms with Crippen LogP contribution in [0.15, 0.2) is 67.0 Å². The van der Waals surface area contributed by atoms with E-state index in [9.17, 15) is 4.79 Å². The van der Waals surface area contributed by atoms with Gasteiger partial charge in [-0.15, -0.1) is 0 Å². The van der Waals surface area contributed by atoms with Crippen LogP contribution in [-0.4, -0.2) is 24.1 Å². The number of ether oxygens (including phenoxy) is 3. The summed E-state index contributed by atoms with van der Waals surface area (Å²) in [6, 6.07) is 14.2. The lowest BCUT2D eigenvalue weighted by Crippen LogP contribution is -2.15. The molecule has 1 aliphatic heterocycles. The molecule has 146 valence electrons. The minimum Gasteiger partial charge on any atom is -0.486 e. The fourth-order valence-corrected chi connectivity index (χ4v) is 3.04. The molecule has 7 heteroatoms. The number of carbonyl (C=O) groups excluding carboxylic acids is 1. The van der Waals surface area contributed by atoms with Gasteiger partial charge in [0.15, 0.2) is 11.5 Å². The quantitative estimate of drug-likeness (QED) is 0.605. The van der Waals surface area contributed by atoms with Crippen molar-refractivity contribution in [1.29, 1.82) is 0 Å². The molecule has 2 aromatic carbocycles. The largest absolute Gasteiger partial charge is 0.486 e. The van der Waals surface area contributed by atoms with Gasteiger partial charge in [-0.2, -0.15) is 0 Å². The van der Waals surface area contributed by atoms with E-state index < -0.39 is 0 Å². The molecule has 0 spiro atoms. The summed E-state index contributed by atoms with van der Waals surface area (Å²) in [5.74, 6) is 2.10. The maximum absolute atomic E-state index is 12.3. The average molecular weight is 409 g/mol. The van der Waals surface area contributed by atoms with Gasteiger partial charge in [-0.3, -0.25) is 9.78 Å². The van der Waals surface area contributed by atoms with Crippen molar-refractivity contribution in [3.05, 3.63) is 77.6 Å². The molecule has 3 aromatic rings. The molecule has 2 heterocycles. The Kier molecular flexibility index (Phi) is 5.63. The van der Waals surface area contributed by atoms with E-state index in [1.165, 1.54) is 6.08 Å². The lowest BCUT2D eigenvalue weighted by atomic mass is 10.1. The van der Waals surface area contributed by atoms with Crippen LogP contribution in [-0.2, 0) is 4.79 Å². The number of aromatic nitrogens is 1. The zero-order valence-electron chi connectivity index (χ0n) is 15.3. The second kappa shape index (κ2) is 8.67. The molecule has 0 unspecified atom stereocenters. The molecule has 4 rings (SSSR count). The monoisotopic (exact) mass is 408 g/mol. The van der Waals surface area contributed by atoms with Gasteiger partial charge >= 0.3 is 0 Å². The van der Waals surface area contributed by atoms with Crippen LogP contribution >= 0.6 is 11.6 Å². The van der Waals surface area contributed by atoms with E-state index in [2.05, 4.69) is 10.3 Å². The maximum atomic E-state index is 12.3.